The molecular formula is C15H27F3IN5O. The second-order valence-corrected chi connectivity index (χ2v) is 5.85. The van der Waals surface area contributed by atoms with E-state index in [4.69, 9.17) is 4.74 Å². The van der Waals surface area contributed by atoms with Crippen molar-refractivity contribution in [2.75, 3.05) is 26.8 Å². The summed E-state index contributed by atoms with van der Waals surface area (Å²) in [6.07, 6.45) is -2.33. The summed E-state index contributed by atoms with van der Waals surface area (Å²) in [5.41, 5.74) is -0.803. The predicted octanol–water partition coefficient (Wildman–Crippen LogP) is 2.78. The summed E-state index contributed by atoms with van der Waals surface area (Å²) >= 11 is 0. The summed E-state index contributed by atoms with van der Waals surface area (Å²) in [6, 6.07) is 0. The van der Waals surface area contributed by atoms with E-state index in [9.17, 15) is 13.2 Å². The van der Waals surface area contributed by atoms with Crippen molar-refractivity contribution in [3.63, 3.8) is 0 Å². The average Bonchev–Trinajstić information content (AvgIpc) is 2.86. The molecule has 0 aromatic carbocycles. The zero-order chi connectivity index (χ0) is 18.2. The highest BCUT2D eigenvalue weighted by Crippen LogP contribution is 2.30. The number of nitrogens with zero attached hydrogens (tertiary/aromatic N) is 3. The maximum atomic E-state index is 12.9. The number of aryl methyl sites for hydroxylation is 1. The second kappa shape index (κ2) is 11.6. The van der Waals surface area contributed by atoms with Gasteiger partial charge in [-0.25, -0.2) is 0 Å². The van der Waals surface area contributed by atoms with Crippen LogP contribution in [-0.2, 0) is 24.5 Å². The van der Waals surface area contributed by atoms with Crippen LogP contribution in [0, 0.1) is 5.92 Å². The molecular weight excluding hydrogens is 450 g/mol. The van der Waals surface area contributed by atoms with Gasteiger partial charge in [0.05, 0.1) is 0 Å². The summed E-state index contributed by atoms with van der Waals surface area (Å²) in [6.45, 7) is 6.12. The molecule has 0 aliphatic rings. The van der Waals surface area contributed by atoms with Crippen LogP contribution in [0.15, 0.2) is 11.2 Å². The first kappa shape index (κ1) is 24.0. The molecule has 0 aliphatic heterocycles. The SMILES string of the molecule is CN=C(NCCCOCC(C)C)NCc1cn(C)nc1C(F)(F)F.I. The Labute approximate surface area is 163 Å². The lowest BCUT2D eigenvalue weighted by molar-refractivity contribution is -0.142. The van der Waals surface area contributed by atoms with Crippen LogP contribution in [0.4, 0.5) is 13.2 Å². The molecule has 25 heavy (non-hydrogen) atoms. The van der Waals surface area contributed by atoms with E-state index in [1.54, 1.807) is 7.05 Å². The molecule has 0 bridgehead atoms. The van der Waals surface area contributed by atoms with E-state index < -0.39 is 11.9 Å². The van der Waals surface area contributed by atoms with Crippen LogP contribution in [-0.4, -0.2) is 42.5 Å². The molecule has 0 unspecified atom stereocenters. The monoisotopic (exact) mass is 477 g/mol. The Balaban J connectivity index is 0.00000576. The van der Waals surface area contributed by atoms with Gasteiger partial charge in [-0.15, -0.1) is 24.0 Å². The summed E-state index contributed by atoms with van der Waals surface area (Å²) in [7, 11) is 3.03. The number of nitrogens with one attached hydrogen (secondary N) is 2. The number of guanidine groups is 1. The number of halogens is 4. The third-order valence-electron chi connectivity index (χ3n) is 3.05. The first-order valence-corrected chi connectivity index (χ1v) is 7.86. The molecule has 10 heteroatoms. The fourth-order valence-corrected chi connectivity index (χ4v) is 2.01. The van der Waals surface area contributed by atoms with Gasteiger partial charge >= 0.3 is 6.18 Å². The maximum Gasteiger partial charge on any atom is 0.435 e. The van der Waals surface area contributed by atoms with Crippen molar-refractivity contribution in [1.29, 1.82) is 0 Å². The molecule has 0 saturated carbocycles. The van der Waals surface area contributed by atoms with Crippen LogP contribution in [0.25, 0.3) is 0 Å². The van der Waals surface area contributed by atoms with E-state index in [1.165, 1.54) is 13.2 Å². The van der Waals surface area contributed by atoms with E-state index in [1.807, 2.05) is 0 Å². The zero-order valence-electron chi connectivity index (χ0n) is 15.0. The molecule has 0 aliphatic carbocycles. The smallest absolute Gasteiger partial charge is 0.381 e. The minimum Gasteiger partial charge on any atom is -0.381 e. The molecule has 0 atom stereocenters. The fourth-order valence-electron chi connectivity index (χ4n) is 2.01. The summed E-state index contributed by atoms with van der Waals surface area (Å²) < 4.78 is 45.3. The van der Waals surface area contributed by atoms with Gasteiger partial charge in [0.1, 0.15) is 0 Å². The van der Waals surface area contributed by atoms with Gasteiger partial charge < -0.3 is 15.4 Å². The van der Waals surface area contributed by atoms with Gasteiger partial charge in [0.15, 0.2) is 11.7 Å². The van der Waals surface area contributed by atoms with Crippen molar-refractivity contribution in [2.45, 2.75) is 33.0 Å². The van der Waals surface area contributed by atoms with Gasteiger partial charge in [-0.2, -0.15) is 18.3 Å². The van der Waals surface area contributed by atoms with E-state index in [0.717, 1.165) is 11.1 Å². The third-order valence-corrected chi connectivity index (χ3v) is 3.05. The highest BCUT2D eigenvalue weighted by molar-refractivity contribution is 14.0. The van der Waals surface area contributed by atoms with Gasteiger partial charge in [-0.1, -0.05) is 13.8 Å². The molecule has 1 rings (SSSR count). The van der Waals surface area contributed by atoms with Crippen LogP contribution < -0.4 is 10.6 Å². The summed E-state index contributed by atoms with van der Waals surface area (Å²) in [5, 5.41) is 9.38. The minimum absolute atomic E-state index is 0. The van der Waals surface area contributed by atoms with E-state index in [0.29, 0.717) is 31.6 Å². The molecule has 1 heterocycles. The lowest BCUT2D eigenvalue weighted by Crippen LogP contribution is -2.37. The largest absolute Gasteiger partial charge is 0.435 e. The number of aromatic nitrogens is 2. The summed E-state index contributed by atoms with van der Waals surface area (Å²) in [5.74, 6) is 0.936. The van der Waals surface area contributed by atoms with Gasteiger partial charge in [-0.3, -0.25) is 9.67 Å². The maximum absolute atomic E-state index is 12.9. The van der Waals surface area contributed by atoms with Gasteiger partial charge in [0, 0.05) is 52.2 Å². The number of ether oxygens (including phenoxy) is 1. The molecule has 1 aromatic heterocycles. The predicted molar refractivity (Wildman–Crippen MR) is 102 cm³/mol. The van der Waals surface area contributed by atoms with Gasteiger partial charge in [0.2, 0.25) is 0 Å². The minimum atomic E-state index is -4.47. The van der Waals surface area contributed by atoms with Crippen molar-refractivity contribution in [2.24, 2.45) is 18.0 Å². The van der Waals surface area contributed by atoms with Crippen LogP contribution in [0.3, 0.4) is 0 Å². The molecule has 0 amide bonds. The van der Waals surface area contributed by atoms with Gasteiger partial charge in [0.25, 0.3) is 0 Å². The Morgan fingerprint density at radius 3 is 2.60 bits per heavy atom. The van der Waals surface area contributed by atoms with Crippen LogP contribution in [0.2, 0.25) is 0 Å². The number of alkyl halides is 3. The van der Waals surface area contributed by atoms with Crippen LogP contribution >= 0.6 is 24.0 Å². The molecule has 0 fully saturated rings. The fraction of sp³-hybridized carbons (Fsp3) is 0.733. The lowest BCUT2D eigenvalue weighted by Gasteiger charge is -2.13. The second-order valence-electron chi connectivity index (χ2n) is 5.85. The number of hydrogen-bond donors (Lipinski definition) is 2. The Morgan fingerprint density at radius 2 is 2.04 bits per heavy atom. The van der Waals surface area contributed by atoms with E-state index in [-0.39, 0.29) is 36.1 Å². The molecule has 0 radical (unpaired) electrons. The Hall–Kier alpha value is -1.04. The average molecular weight is 477 g/mol. The molecule has 1 aromatic rings. The molecule has 146 valence electrons. The first-order valence-electron chi connectivity index (χ1n) is 7.86. The normalized spacial score (nSPS) is 12.2. The Kier molecular flexibility index (Phi) is 11.1. The van der Waals surface area contributed by atoms with Crippen molar-refractivity contribution in [3.8, 4) is 0 Å². The molecule has 2 N–H and O–H groups in total. The standard InChI is InChI=1S/C15H26F3N5O.HI/c1-11(2)10-24-7-5-6-20-14(19-3)21-8-12-9-23(4)22-13(12)15(16,17)18;/h9,11H,5-8,10H2,1-4H3,(H2,19,20,21);1H. The third kappa shape index (κ3) is 9.28. The van der Waals surface area contributed by atoms with Gasteiger partial charge in [-0.05, 0) is 12.3 Å². The van der Waals surface area contributed by atoms with Crippen LogP contribution in [0.1, 0.15) is 31.5 Å². The van der Waals surface area contributed by atoms with Crippen molar-refractivity contribution >= 4 is 29.9 Å². The number of rotatable bonds is 8. The highest BCUT2D eigenvalue weighted by Gasteiger charge is 2.36. The van der Waals surface area contributed by atoms with Crippen molar-refractivity contribution in [3.05, 3.63) is 17.5 Å². The lowest BCUT2D eigenvalue weighted by atomic mass is 10.2. The Morgan fingerprint density at radius 1 is 1.36 bits per heavy atom. The highest BCUT2D eigenvalue weighted by atomic mass is 127. The van der Waals surface area contributed by atoms with Crippen molar-refractivity contribution in [1.82, 2.24) is 20.4 Å². The molecule has 0 saturated heterocycles. The number of hydrogen-bond acceptors (Lipinski definition) is 3. The van der Waals surface area contributed by atoms with Crippen LogP contribution in [0.5, 0.6) is 0 Å². The topological polar surface area (TPSA) is 63.5 Å². The first-order chi connectivity index (χ1) is 11.2. The van der Waals surface area contributed by atoms with E-state index >= 15 is 0 Å². The quantitative estimate of drug-likeness (QED) is 0.262. The Bertz CT molecular complexity index is 532. The van der Waals surface area contributed by atoms with E-state index in [2.05, 4.69) is 34.6 Å². The van der Waals surface area contributed by atoms with Crippen molar-refractivity contribution < 1.29 is 17.9 Å². The summed E-state index contributed by atoms with van der Waals surface area (Å²) in [4.78, 5) is 3.99. The zero-order valence-corrected chi connectivity index (χ0v) is 17.3. The number of aliphatic imine (C=N–C) groups is 1. The molecule has 0 spiro atoms. The molecule has 6 nitrogen and oxygen atoms in total.